The summed E-state index contributed by atoms with van der Waals surface area (Å²) < 4.78 is 32.1. The Morgan fingerprint density at radius 1 is 1.15 bits per heavy atom. The number of carbonyl (C=O) groups is 1. The third-order valence-corrected chi connectivity index (χ3v) is 3.88. The Labute approximate surface area is 118 Å². The van der Waals surface area contributed by atoms with Crippen molar-refractivity contribution in [3.8, 4) is 0 Å². The zero-order valence-electron chi connectivity index (χ0n) is 11.8. The predicted molar refractivity (Wildman–Crippen MR) is 72.5 cm³/mol. The van der Waals surface area contributed by atoms with Gasteiger partial charge in [0.25, 0.3) is 0 Å². The SMILES string of the molecule is CCOC1(C(=O)Cc2cc(F)cc(F)c2)CCCCC1. The summed E-state index contributed by atoms with van der Waals surface area (Å²) in [7, 11) is 0. The van der Waals surface area contributed by atoms with E-state index in [9.17, 15) is 13.6 Å². The van der Waals surface area contributed by atoms with E-state index in [0.717, 1.165) is 25.3 Å². The number of carbonyl (C=O) groups excluding carboxylic acids is 1. The predicted octanol–water partition coefficient (Wildman–Crippen LogP) is 3.82. The molecule has 1 aliphatic carbocycles. The Balaban J connectivity index is 2.15. The Bertz CT molecular complexity index is 454. The lowest BCUT2D eigenvalue weighted by molar-refractivity contribution is -0.148. The molecular weight excluding hydrogens is 262 g/mol. The fourth-order valence-corrected chi connectivity index (χ4v) is 2.96. The Hall–Kier alpha value is -1.29. The molecule has 0 heterocycles. The van der Waals surface area contributed by atoms with Gasteiger partial charge in [0.15, 0.2) is 5.78 Å². The van der Waals surface area contributed by atoms with E-state index in [1.54, 1.807) is 0 Å². The van der Waals surface area contributed by atoms with Gasteiger partial charge in [0.1, 0.15) is 17.2 Å². The molecule has 0 N–H and O–H groups in total. The van der Waals surface area contributed by atoms with Gasteiger partial charge < -0.3 is 4.74 Å². The molecule has 0 spiro atoms. The number of ether oxygens (including phenoxy) is 1. The van der Waals surface area contributed by atoms with Gasteiger partial charge in [-0.05, 0) is 37.5 Å². The van der Waals surface area contributed by atoms with Crippen LogP contribution < -0.4 is 0 Å². The molecule has 2 nitrogen and oxygen atoms in total. The summed E-state index contributed by atoms with van der Waals surface area (Å²) in [6.07, 6.45) is 4.47. The van der Waals surface area contributed by atoms with Crippen LogP contribution >= 0.6 is 0 Å². The van der Waals surface area contributed by atoms with Gasteiger partial charge in [0.05, 0.1) is 0 Å². The van der Waals surface area contributed by atoms with Crippen LogP contribution in [0.1, 0.15) is 44.6 Å². The number of halogens is 2. The third-order valence-electron chi connectivity index (χ3n) is 3.88. The summed E-state index contributed by atoms with van der Waals surface area (Å²) in [6, 6.07) is 3.24. The maximum atomic E-state index is 13.2. The van der Waals surface area contributed by atoms with Gasteiger partial charge in [0.2, 0.25) is 0 Å². The van der Waals surface area contributed by atoms with Gasteiger partial charge in [-0.15, -0.1) is 0 Å². The van der Waals surface area contributed by atoms with E-state index in [1.165, 1.54) is 12.1 Å². The molecule has 20 heavy (non-hydrogen) atoms. The molecular formula is C16H20F2O2. The van der Waals surface area contributed by atoms with Crippen molar-refractivity contribution in [3.63, 3.8) is 0 Å². The van der Waals surface area contributed by atoms with Crippen molar-refractivity contribution in [2.45, 2.75) is 51.0 Å². The van der Waals surface area contributed by atoms with Crippen LogP contribution in [0.15, 0.2) is 18.2 Å². The van der Waals surface area contributed by atoms with E-state index < -0.39 is 17.2 Å². The molecule has 0 radical (unpaired) electrons. The second-order valence-corrected chi connectivity index (χ2v) is 5.37. The first kappa shape index (κ1) is 15.1. The highest BCUT2D eigenvalue weighted by atomic mass is 19.1. The normalized spacial score (nSPS) is 17.9. The van der Waals surface area contributed by atoms with Gasteiger partial charge in [-0.2, -0.15) is 0 Å². The number of rotatable bonds is 5. The first-order valence-corrected chi connectivity index (χ1v) is 7.18. The highest BCUT2D eigenvalue weighted by molar-refractivity contribution is 5.89. The van der Waals surface area contributed by atoms with Crippen molar-refractivity contribution in [3.05, 3.63) is 35.4 Å². The van der Waals surface area contributed by atoms with E-state index in [-0.39, 0.29) is 12.2 Å². The molecule has 1 saturated carbocycles. The van der Waals surface area contributed by atoms with Crippen LogP contribution in [0.3, 0.4) is 0 Å². The Morgan fingerprint density at radius 3 is 2.30 bits per heavy atom. The molecule has 1 aromatic carbocycles. The van der Waals surface area contributed by atoms with Crippen molar-refractivity contribution in [2.24, 2.45) is 0 Å². The summed E-state index contributed by atoms with van der Waals surface area (Å²) in [5.74, 6) is -1.37. The van der Waals surface area contributed by atoms with Crippen LogP contribution in [0.25, 0.3) is 0 Å². The first-order chi connectivity index (χ1) is 9.55. The Kier molecular flexibility index (Phi) is 4.86. The van der Waals surface area contributed by atoms with E-state index >= 15 is 0 Å². The monoisotopic (exact) mass is 282 g/mol. The fraction of sp³-hybridized carbons (Fsp3) is 0.562. The number of Topliss-reactive ketones (excluding diaryl/α,β-unsaturated/α-hetero) is 1. The minimum atomic E-state index is -0.754. The van der Waals surface area contributed by atoms with Crippen molar-refractivity contribution in [1.29, 1.82) is 0 Å². The second-order valence-electron chi connectivity index (χ2n) is 5.37. The lowest BCUT2D eigenvalue weighted by Crippen LogP contribution is -2.44. The van der Waals surface area contributed by atoms with E-state index in [2.05, 4.69) is 0 Å². The molecule has 1 aliphatic rings. The quantitative estimate of drug-likeness (QED) is 0.820. The van der Waals surface area contributed by atoms with Crippen molar-refractivity contribution in [2.75, 3.05) is 6.61 Å². The number of hydrogen-bond donors (Lipinski definition) is 0. The summed E-state index contributed by atoms with van der Waals surface area (Å²) in [4.78, 5) is 12.5. The molecule has 0 aliphatic heterocycles. The average Bonchev–Trinajstić information content (AvgIpc) is 2.38. The van der Waals surface area contributed by atoms with Gasteiger partial charge in [-0.1, -0.05) is 19.3 Å². The van der Waals surface area contributed by atoms with Crippen LogP contribution in [-0.2, 0) is 16.0 Å². The molecule has 0 bridgehead atoms. The Morgan fingerprint density at radius 2 is 1.75 bits per heavy atom. The van der Waals surface area contributed by atoms with Crippen LogP contribution in [0.5, 0.6) is 0 Å². The molecule has 0 aromatic heterocycles. The zero-order chi connectivity index (χ0) is 14.6. The molecule has 4 heteroatoms. The molecule has 0 atom stereocenters. The minimum absolute atomic E-state index is 0.0225. The second kappa shape index (κ2) is 6.44. The van der Waals surface area contributed by atoms with E-state index in [4.69, 9.17) is 4.74 Å². The first-order valence-electron chi connectivity index (χ1n) is 7.18. The summed E-state index contributed by atoms with van der Waals surface area (Å²) in [5.41, 5.74) is -0.382. The zero-order valence-corrected chi connectivity index (χ0v) is 11.8. The summed E-state index contributed by atoms with van der Waals surface area (Å²) in [5, 5.41) is 0. The summed E-state index contributed by atoms with van der Waals surface area (Å²) >= 11 is 0. The van der Waals surface area contributed by atoms with E-state index in [1.807, 2.05) is 6.92 Å². The van der Waals surface area contributed by atoms with Crippen LogP contribution in [-0.4, -0.2) is 18.0 Å². The standard InChI is InChI=1S/C16H20F2O2/c1-2-20-16(6-4-3-5-7-16)15(19)10-12-8-13(17)11-14(18)9-12/h8-9,11H,2-7,10H2,1H3. The highest BCUT2D eigenvalue weighted by Gasteiger charge is 2.39. The lowest BCUT2D eigenvalue weighted by atomic mass is 9.79. The number of ketones is 1. The molecule has 0 unspecified atom stereocenters. The highest BCUT2D eigenvalue weighted by Crippen LogP contribution is 2.33. The van der Waals surface area contributed by atoms with Crippen molar-refractivity contribution < 1.29 is 18.3 Å². The summed E-state index contributed by atoms with van der Waals surface area (Å²) in [6.45, 7) is 2.34. The maximum absolute atomic E-state index is 13.2. The van der Waals surface area contributed by atoms with Gasteiger partial charge >= 0.3 is 0 Å². The largest absolute Gasteiger partial charge is 0.367 e. The lowest BCUT2D eigenvalue weighted by Gasteiger charge is -2.35. The van der Waals surface area contributed by atoms with E-state index in [0.29, 0.717) is 25.0 Å². The van der Waals surface area contributed by atoms with Gasteiger partial charge in [0, 0.05) is 19.1 Å². The fourth-order valence-electron chi connectivity index (χ4n) is 2.96. The van der Waals surface area contributed by atoms with Crippen molar-refractivity contribution >= 4 is 5.78 Å². The van der Waals surface area contributed by atoms with Gasteiger partial charge in [-0.3, -0.25) is 4.79 Å². The van der Waals surface area contributed by atoms with Crippen LogP contribution in [0.4, 0.5) is 8.78 Å². The number of benzene rings is 1. The van der Waals surface area contributed by atoms with Gasteiger partial charge in [-0.25, -0.2) is 8.78 Å². The average molecular weight is 282 g/mol. The molecule has 1 fully saturated rings. The third kappa shape index (κ3) is 3.42. The van der Waals surface area contributed by atoms with Crippen molar-refractivity contribution in [1.82, 2.24) is 0 Å². The minimum Gasteiger partial charge on any atom is -0.367 e. The molecule has 110 valence electrons. The van der Waals surface area contributed by atoms with Crippen LogP contribution in [0, 0.1) is 11.6 Å². The topological polar surface area (TPSA) is 26.3 Å². The molecule has 2 rings (SSSR count). The maximum Gasteiger partial charge on any atom is 0.168 e. The smallest absolute Gasteiger partial charge is 0.168 e. The molecule has 0 amide bonds. The molecule has 1 aromatic rings. The van der Waals surface area contributed by atoms with Crippen LogP contribution in [0.2, 0.25) is 0 Å². The molecule has 0 saturated heterocycles. The number of hydrogen-bond acceptors (Lipinski definition) is 2.